The number of sulfonamides is 1. The van der Waals surface area contributed by atoms with Gasteiger partial charge < -0.3 is 14.1 Å². The predicted octanol–water partition coefficient (Wildman–Crippen LogP) is 1.48. The van der Waals surface area contributed by atoms with Gasteiger partial charge in [-0.25, -0.2) is 8.42 Å². The number of amides is 1. The maximum atomic E-state index is 12.6. The summed E-state index contributed by atoms with van der Waals surface area (Å²) in [7, 11) is -0.318. The summed E-state index contributed by atoms with van der Waals surface area (Å²) in [5.74, 6) is -0.0159. The summed E-state index contributed by atoms with van der Waals surface area (Å²) in [4.78, 5) is 13.9. The molecule has 0 radical (unpaired) electrons. The van der Waals surface area contributed by atoms with E-state index in [1.54, 1.807) is 21.1 Å². The van der Waals surface area contributed by atoms with Gasteiger partial charge in [0.25, 0.3) is 5.91 Å². The van der Waals surface area contributed by atoms with Crippen LogP contribution < -0.4 is 0 Å². The van der Waals surface area contributed by atoms with Crippen molar-refractivity contribution in [3.8, 4) is 0 Å². The Bertz CT molecular complexity index is 647. The van der Waals surface area contributed by atoms with Crippen LogP contribution in [0.2, 0.25) is 0 Å². The first-order chi connectivity index (χ1) is 10.9. The van der Waals surface area contributed by atoms with Crippen molar-refractivity contribution in [1.82, 2.24) is 9.21 Å². The van der Waals surface area contributed by atoms with E-state index in [1.165, 1.54) is 15.3 Å². The topological polar surface area (TPSA) is 80.1 Å². The first kappa shape index (κ1) is 18.0. The average Bonchev–Trinajstić information content (AvgIpc) is 3.16. The van der Waals surface area contributed by atoms with Gasteiger partial charge in [-0.1, -0.05) is 0 Å². The van der Waals surface area contributed by atoms with Crippen LogP contribution in [0.4, 0.5) is 0 Å². The number of nitrogens with zero attached hydrogens (tertiary/aromatic N) is 2. The Hall–Kier alpha value is -1.38. The first-order valence-electron chi connectivity index (χ1n) is 7.73. The van der Waals surface area contributed by atoms with E-state index in [0.29, 0.717) is 32.7 Å². The van der Waals surface area contributed by atoms with Gasteiger partial charge in [0.05, 0.1) is 0 Å². The number of furan rings is 1. The molecule has 0 atom stereocenters. The normalized spacial score (nSPS) is 16.0. The zero-order valence-electron chi connectivity index (χ0n) is 13.9. The Kier molecular flexibility index (Phi) is 5.83. The van der Waals surface area contributed by atoms with E-state index in [9.17, 15) is 13.2 Å². The molecule has 1 fully saturated rings. The van der Waals surface area contributed by atoms with Gasteiger partial charge >= 0.3 is 0 Å². The fraction of sp³-hybridized carbons (Fsp3) is 0.667. The van der Waals surface area contributed by atoms with Gasteiger partial charge in [-0.3, -0.25) is 4.79 Å². The van der Waals surface area contributed by atoms with E-state index in [0.717, 1.165) is 12.8 Å². The smallest absolute Gasteiger partial charge is 0.289 e. The summed E-state index contributed by atoms with van der Waals surface area (Å²) >= 11 is 0. The SMILES string of the molecule is COCCCN(C)C(=O)c1cc(S(=O)(=O)N2CCCC2)c(C)o1. The molecule has 0 saturated carbocycles. The van der Waals surface area contributed by atoms with Crippen LogP contribution in [0.3, 0.4) is 0 Å². The lowest BCUT2D eigenvalue weighted by atomic mass is 10.3. The van der Waals surface area contributed by atoms with Crippen molar-refractivity contribution in [2.24, 2.45) is 0 Å². The molecule has 0 N–H and O–H groups in total. The number of carbonyl (C=O) groups is 1. The number of hydrogen-bond acceptors (Lipinski definition) is 5. The maximum Gasteiger partial charge on any atom is 0.289 e. The summed E-state index contributed by atoms with van der Waals surface area (Å²) in [6.45, 7) is 3.69. The zero-order valence-corrected chi connectivity index (χ0v) is 14.7. The van der Waals surface area contributed by atoms with Crippen LogP contribution in [0.15, 0.2) is 15.4 Å². The Morgan fingerprint density at radius 1 is 1.39 bits per heavy atom. The molecule has 8 heteroatoms. The molecule has 1 amide bonds. The third kappa shape index (κ3) is 3.94. The minimum absolute atomic E-state index is 0.0557. The molecule has 1 aliphatic heterocycles. The standard InChI is InChI=1S/C15H24N2O5S/c1-12-14(23(19,20)17-8-4-5-9-17)11-13(22-12)15(18)16(2)7-6-10-21-3/h11H,4-10H2,1-3H3. The lowest BCUT2D eigenvalue weighted by Gasteiger charge is -2.15. The average molecular weight is 344 g/mol. The largest absolute Gasteiger partial charge is 0.455 e. The van der Waals surface area contributed by atoms with Crippen LogP contribution in [-0.2, 0) is 14.8 Å². The highest BCUT2D eigenvalue weighted by Gasteiger charge is 2.32. The summed E-state index contributed by atoms with van der Waals surface area (Å²) in [5, 5.41) is 0. The fourth-order valence-corrected chi connectivity index (χ4v) is 4.31. The molecule has 7 nitrogen and oxygen atoms in total. The molecule has 1 saturated heterocycles. The lowest BCUT2D eigenvalue weighted by Crippen LogP contribution is -2.29. The summed E-state index contributed by atoms with van der Waals surface area (Å²) < 4.78 is 37.0. The Balaban J connectivity index is 2.15. The van der Waals surface area contributed by atoms with Crippen molar-refractivity contribution in [2.75, 3.05) is 40.4 Å². The molecule has 0 bridgehead atoms. The van der Waals surface area contributed by atoms with Gasteiger partial charge in [-0.2, -0.15) is 4.31 Å². The van der Waals surface area contributed by atoms with Crippen molar-refractivity contribution in [3.05, 3.63) is 17.6 Å². The lowest BCUT2D eigenvalue weighted by molar-refractivity contribution is 0.0746. The first-order valence-corrected chi connectivity index (χ1v) is 9.17. The number of ether oxygens (including phenoxy) is 1. The van der Waals surface area contributed by atoms with E-state index in [2.05, 4.69) is 0 Å². The third-order valence-electron chi connectivity index (χ3n) is 3.95. The molecular weight excluding hydrogens is 320 g/mol. The highest BCUT2D eigenvalue weighted by atomic mass is 32.2. The number of methoxy groups -OCH3 is 1. The molecule has 1 aromatic rings. The van der Waals surface area contributed by atoms with Crippen LogP contribution in [0, 0.1) is 6.92 Å². The Labute approximate surface area is 137 Å². The van der Waals surface area contributed by atoms with E-state index >= 15 is 0 Å². The van der Waals surface area contributed by atoms with Gasteiger partial charge in [0.2, 0.25) is 10.0 Å². The van der Waals surface area contributed by atoms with Crippen molar-refractivity contribution >= 4 is 15.9 Å². The quantitative estimate of drug-likeness (QED) is 0.700. The molecule has 0 aromatic carbocycles. The summed E-state index contributed by atoms with van der Waals surface area (Å²) in [6.07, 6.45) is 2.44. The van der Waals surface area contributed by atoms with Gasteiger partial charge in [-0.15, -0.1) is 0 Å². The van der Waals surface area contributed by atoms with Crippen molar-refractivity contribution in [1.29, 1.82) is 0 Å². The minimum Gasteiger partial charge on any atom is -0.455 e. The molecule has 0 spiro atoms. The number of hydrogen-bond donors (Lipinski definition) is 0. The van der Waals surface area contributed by atoms with E-state index < -0.39 is 10.0 Å². The van der Waals surface area contributed by atoms with Crippen molar-refractivity contribution in [3.63, 3.8) is 0 Å². The van der Waals surface area contributed by atoms with Crippen LogP contribution in [0.5, 0.6) is 0 Å². The molecule has 2 rings (SSSR count). The third-order valence-corrected chi connectivity index (χ3v) is 5.96. The fourth-order valence-electron chi connectivity index (χ4n) is 2.63. The van der Waals surface area contributed by atoms with Crippen LogP contribution >= 0.6 is 0 Å². The summed E-state index contributed by atoms with van der Waals surface area (Å²) in [6, 6.07) is 1.35. The van der Waals surface area contributed by atoms with Gasteiger partial charge in [-0.05, 0) is 26.2 Å². The molecule has 0 aliphatic carbocycles. The second-order valence-electron chi connectivity index (χ2n) is 5.72. The van der Waals surface area contributed by atoms with Gasteiger partial charge in [0.15, 0.2) is 5.76 Å². The number of rotatable bonds is 7. The van der Waals surface area contributed by atoms with Crippen molar-refractivity contribution < 1.29 is 22.4 Å². The van der Waals surface area contributed by atoms with Crippen LogP contribution in [0.1, 0.15) is 35.6 Å². The summed E-state index contributed by atoms with van der Waals surface area (Å²) in [5.41, 5.74) is 0. The molecule has 130 valence electrons. The maximum absolute atomic E-state index is 12.6. The highest BCUT2D eigenvalue weighted by molar-refractivity contribution is 7.89. The van der Waals surface area contributed by atoms with Crippen LogP contribution in [-0.4, -0.2) is 63.9 Å². The second-order valence-corrected chi connectivity index (χ2v) is 7.62. The van der Waals surface area contributed by atoms with Gasteiger partial charge in [0, 0.05) is 46.5 Å². The van der Waals surface area contributed by atoms with Crippen molar-refractivity contribution in [2.45, 2.75) is 31.1 Å². The Morgan fingerprint density at radius 2 is 2.04 bits per heavy atom. The van der Waals surface area contributed by atoms with Crippen LogP contribution in [0.25, 0.3) is 0 Å². The van der Waals surface area contributed by atoms with E-state index in [1.807, 2.05) is 0 Å². The highest BCUT2D eigenvalue weighted by Crippen LogP contribution is 2.26. The van der Waals surface area contributed by atoms with E-state index in [4.69, 9.17) is 9.15 Å². The second kappa shape index (κ2) is 7.46. The zero-order chi connectivity index (χ0) is 17.0. The van der Waals surface area contributed by atoms with Gasteiger partial charge in [0.1, 0.15) is 10.7 Å². The minimum atomic E-state index is -3.58. The monoisotopic (exact) mass is 344 g/mol. The molecule has 1 aliphatic rings. The number of carbonyl (C=O) groups excluding carboxylic acids is 1. The molecular formula is C15H24N2O5S. The number of aryl methyl sites for hydroxylation is 1. The predicted molar refractivity (Wildman–Crippen MR) is 84.9 cm³/mol. The molecule has 1 aromatic heterocycles. The molecule has 2 heterocycles. The molecule has 0 unspecified atom stereocenters. The van der Waals surface area contributed by atoms with E-state index in [-0.39, 0.29) is 22.3 Å². The Morgan fingerprint density at radius 3 is 2.65 bits per heavy atom. The molecule has 23 heavy (non-hydrogen) atoms.